The Morgan fingerprint density at radius 2 is 1.86 bits per heavy atom. The number of hydrogen-bond donors (Lipinski definition) is 2. The number of fused-ring (bicyclic) bond motifs is 1. The van der Waals surface area contributed by atoms with Crippen molar-refractivity contribution in [1.29, 1.82) is 0 Å². The van der Waals surface area contributed by atoms with Crippen molar-refractivity contribution in [3.8, 4) is 0 Å². The van der Waals surface area contributed by atoms with E-state index in [1.165, 1.54) is 4.90 Å². The molecule has 4 aromatic rings. The van der Waals surface area contributed by atoms with E-state index in [0.717, 1.165) is 29.4 Å². The molecule has 0 saturated carbocycles. The molecule has 1 aliphatic heterocycles. The van der Waals surface area contributed by atoms with Crippen molar-refractivity contribution in [1.82, 2.24) is 19.9 Å². The minimum Gasteiger partial charge on any atom is -0.381 e. The summed E-state index contributed by atoms with van der Waals surface area (Å²) in [4.78, 5) is 41.6. The van der Waals surface area contributed by atoms with Crippen LogP contribution < -0.4 is 10.2 Å². The third kappa shape index (κ3) is 6.13. The van der Waals surface area contributed by atoms with Crippen LogP contribution in [0.2, 0.25) is 0 Å². The average molecular weight is 527 g/mol. The number of nitrogens with zero attached hydrogens (tertiary/aromatic N) is 4. The van der Waals surface area contributed by atoms with E-state index in [-0.39, 0.29) is 49.2 Å². The number of pyridine rings is 2. The lowest BCUT2D eigenvalue weighted by molar-refractivity contribution is -0.130. The Labute approximate surface area is 221 Å². The van der Waals surface area contributed by atoms with Crippen LogP contribution in [0.1, 0.15) is 23.2 Å². The lowest BCUT2D eigenvalue weighted by Crippen LogP contribution is -2.48. The highest BCUT2D eigenvalue weighted by atomic mass is 35.5. The standard InChI is InChI=1S/C26H26N6O2.2ClH/c33-25(31-14-9-21(10-15-31)30-22-4-3-11-27-17-22)18-32(24-5-1-2-12-29-24)26(34)20-7-6-19-8-13-28-23(19)16-20;;/h1-8,11-13,16-17,21,28,30H,9-10,14-15,18H2;2*1H. The third-order valence-corrected chi connectivity index (χ3v) is 6.15. The average Bonchev–Trinajstić information content (AvgIpc) is 3.36. The maximum Gasteiger partial charge on any atom is 0.259 e. The van der Waals surface area contributed by atoms with E-state index in [0.29, 0.717) is 24.5 Å². The molecule has 10 heteroatoms. The maximum atomic E-state index is 13.5. The molecule has 2 amide bonds. The molecule has 5 rings (SSSR count). The molecule has 8 nitrogen and oxygen atoms in total. The predicted molar refractivity (Wildman–Crippen MR) is 146 cm³/mol. The van der Waals surface area contributed by atoms with Gasteiger partial charge in [0.15, 0.2) is 0 Å². The van der Waals surface area contributed by atoms with Crippen molar-refractivity contribution in [2.45, 2.75) is 18.9 Å². The van der Waals surface area contributed by atoms with Gasteiger partial charge >= 0.3 is 0 Å². The summed E-state index contributed by atoms with van der Waals surface area (Å²) in [5.74, 6) is 0.122. The normalized spacial score (nSPS) is 13.4. The molecule has 0 bridgehead atoms. The van der Waals surface area contributed by atoms with Gasteiger partial charge in [-0.2, -0.15) is 0 Å². The molecule has 36 heavy (non-hydrogen) atoms. The van der Waals surface area contributed by atoms with Crippen molar-refractivity contribution in [3.63, 3.8) is 0 Å². The van der Waals surface area contributed by atoms with Crippen LogP contribution >= 0.6 is 24.8 Å². The molecule has 0 atom stereocenters. The quantitative estimate of drug-likeness (QED) is 0.384. The molecule has 0 radical (unpaired) electrons. The number of halogens is 2. The van der Waals surface area contributed by atoms with Crippen LogP contribution in [0.5, 0.6) is 0 Å². The van der Waals surface area contributed by atoms with Crippen molar-refractivity contribution in [3.05, 3.63) is 84.9 Å². The van der Waals surface area contributed by atoms with Crippen LogP contribution in [-0.4, -0.2) is 57.3 Å². The summed E-state index contributed by atoms with van der Waals surface area (Å²) in [7, 11) is 0. The topological polar surface area (TPSA) is 94.2 Å². The minimum atomic E-state index is -0.253. The second-order valence-corrected chi connectivity index (χ2v) is 8.40. The number of likely N-dealkylation sites (tertiary alicyclic amines) is 1. The highest BCUT2D eigenvalue weighted by Crippen LogP contribution is 2.20. The maximum absolute atomic E-state index is 13.5. The van der Waals surface area contributed by atoms with Crippen molar-refractivity contribution < 1.29 is 9.59 Å². The van der Waals surface area contributed by atoms with Crippen molar-refractivity contribution >= 4 is 59.0 Å². The summed E-state index contributed by atoms with van der Waals surface area (Å²) in [5.41, 5.74) is 2.37. The molecule has 2 N–H and O–H groups in total. The molecule has 1 aliphatic rings. The fourth-order valence-corrected chi connectivity index (χ4v) is 4.30. The number of anilines is 2. The Hall–Kier alpha value is -3.62. The number of piperidine rings is 1. The first-order chi connectivity index (χ1) is 16.7. The molecule has 1 aromatic carbocycles. The van der Waals surface area contributed by atoms with Crippen LogP contribution in [0, 0.1) is 0 Å². The highest BCUT2D eigenvalue weighted by Gasteiger charge is 2.27. The molecule has 4 heterocycles. The van der Waals surface area contributed by atoms with E-state index in [1.54, 1.807) is 36.8 Å². The molecule has 3 aromatic heterocycles. The second-order valence-electron chi connectivity index (χ2n) is 8.40. The van der Waals surface area contributed by atoms with Gasteiger partial charge in [-0.1, -0.05) is 12.1 Å². The number of rotatable bonds is 6. The van der Waals surface area contributed by atoms with Gasteiger partial charge in [0.2, 0.25) is 5.91 Å². The summed E-state index contributed by atoms with van der Waals surface area (Å²) in [6, 6.07) is 17.0. The molecule has 0 unspecified atom stereocenters. The third-order valence-electron chi connectivity index (χ3n) is 6.15. The number of aromatic amines is 1. The fraction of sp³-hybridized carbons (Fsp3) is 0.231. The first-order valence-electron chi connectivity index (χ1n) is 11.4. The Morgan fingerprint density at radius 3 is 2.58 bits per heavy atom. The van der Waals surface area contributed by atoms with Crippen LogP contribution in [0.25, 0.3) is 10.9 Å². The first-order valence-corrected chi connectivity index (χ1v) is 11.4. The van der Waals surface area contributed by atoms with Crippen LogP contribution in [0.4, 0.5) is 11.5 Å². The summed E-state index contributed by atoms with van der Waals surface area (Å²) in [5, 5.41) is 4.51. The predicted octanol–water partition coefficient (Wildman–Crippen LogP) is 4.55. The van der Waals surface area contributed by atoms with Crippen molar-refractivity contribution in [2.75, 3.05) is 29.9 Å². The van der Waals surface area contributed by atoms with Crippen LogP contribution in [0.15, 0.2) is 79.4 Å². The van der Waals surface area contributed by atoms with Gasteiger partial charge in [0.1, 0.15) is 12.4 Å². The zero-order valence-electron chi connectivity index (χ0n) is 19.5. The van der Waals surface area contributed by atoms with Gasteiger partial charge in [-0.05, 0) is 60.7 Å². The highest BCUT2D eigenvalue weighted by molar-refractivity contribution is 6.09. The summed E-state index contributed by atoms with van der Waals surface area (Å²) < 4.78 is 0. The number of hydrogen-bond acceptors (Lipinski definition) is 5. The van der Waals surface area contributed by atoms with E-state index >= 15 is 0 Å². The first kappa shape index (κ1) is 27.0. The summed E-state index contributed by atoms with van der Waals surface area (Å²) >= 11 is 0. The van der Waals surface area contributed by atoms with E-state index in [4.69, 9.17) is 0 Å². The molecule has 0 aliphatic carbocycles. The number of H-pyrrole nitrogens is 1. The molecule has 0 spiro atoms. The molecular formula is C26H28Cl2N6O2. The lowest BCUT2D eigenvalue weighted by Gasteiger charge is -2.34. The zero-order valence-corrected chi connectivity index (χ0v) is 21.2. The Kier molecular flexibility index (Phi) is 9.27. The van der Waals surface area contributed by atoms with Crippen molar-refractivity contribution in [2.24, 2.45) is 0 Å². The van der Waals surface area contributed by atoms with Gasteiger partial charge in [0.25, 0.3) is 5.91 Å². The van der Waals surface area contributed by atoms with E-state index < -0.39 is 0 Å². The van der Waals surface area contributed by atoms with Gasteiger partial charge in [-0.3, -0.25) is 19.5 Å². The number of amides is 2. The molecule has 1 fully saturated rings. The minimum absolute atomic E-state index is 0. The molecule has 1 saturated heterocycles. The smallest absolute Gasteiger partial charge is 0.259 e. The monoisotopic (exact) mass is 526 g/mol. The van der Waals surface area contributed by atoms with Gasteiger partial charge in [0, 0.05) is 55.0 Å². The fourth-order valence-electron chi connectivity index (χ4n) is 4.30. The largest absolute Gasteiger partial charge is 0.381 e. The van der Waals surface area contributed by atoms with E-state index in [9.17, 15) is 9.59 Å². The molecule has 188 valence electrons. The number of carbonyl (C=O) groups is 2. The SMILES string of the molecule is Cl.Cl.O=C(CN(C(=O)c1ccc2cc[nH]c2c1)c1ccccn1)N1CCC(Nc2cccnc2)CC1. The number of aromatic nitrogens is 3. The van der Waals surface area contributed by atoms with Crippen LogP contribution in [0.3, 0.4) is 0 Å². The Bertz CT molecular complexity index is 1280. The zero-order chi connectivity index (χ0) is 23.3. The van der Waals surface area contributed by atoms with E-state index in [1.807, 2.05) is 47.5 Å². The number of nitrogens with one attached hydrogen (secondary N) is 2. The van der Waals surface area contributed by atoms with Gasteiger partial charge < -0.3 is 15.2 Å². The lowest BCUT2D eigenvalue weighted by atomic mass is 10.0. The summed E-state index contributed by atoms with van der Waals surface area (Å²) in [6.07, 6.45) is 8.69. The molecular weight excluding hydrogens is 499 g/mol. The Balaban J connectivity index is 0.00000180. The van der Waals surface area contributed by atoms with Gasteiger partial charge in [-0.15, -0.1) is 24.8 Å². The Morgan fingerprint density at radius 1 is 1.03 bits per heavy atom. The number of benzene rings is 1. The summed E-state index contributed by atoms with van der Waals surface area (Å²) in [6.45, 7) is 1.21. The van der Waals surface area contributed by atoms with Crippen LogP contribution in [-0.2, 0) is 4.79 Å². The van der Waals surface area contributed by atoms with Gasteiger partial charge in [0.05, 0.1) is 5.69 Å². The number of carbonyl (C=O) groups excluding carboxylic acids is 2. The van der Waals surface area contributed by atoms with E-state index in [2.05, 4.69) is 20.3 Å². The van der Waals surface area contributed by atoms with Gasteiger partial charge in [-0.25, -0.2) is 4.98 Å². The second kappa shape index (κ2) is 12.4.